The number of carbonyl (C=O) groups is 2. The molecule has 0 unspecified atom stereocenters. The quantitative estimate of drug-likeness (QED) is 0.351. The fourth-order valence-corrected chi connectivity index (χ4v) is 10.7. The highest BCUT2D eigenvalue weighted by molar-refractivity contribution is 5.85. The summed E-state index contributed by atoms with van der Waals surface area (Å²) < 4.78 is 18.3. The normalized spacial score (nSPS) is 47.1. The van der Waals surface area contributed by atoms with Gasteiger partial charge in [0.1, 0.15) is 18.0 Å². The van der Waals surface area contributed by atoms with Gasteiger partial charge in [0.05, 0.1) is 11.7 Å². The highest BCUT2D eigenvalue weighted by Gasteiger charge is 2.70. The first-order valence-corrected chi connectivity index (χ1v) is 15.4. The predicted octanol–water partition coefficient (Wildman–Crippen LogP) is 5.21. The van der Waals surface area contributed by atoms with Crippen LogP contribution in [-0.4, -0.2) is 59.3 Å². The maximum absolute atomic E-state index is 13.1. The molecule has 3 saturated carbocycles. The Kier molecular flexibility index (Phi) is 7.26. The summed E-state index contributed by atoms with van der Waals surface area (Å²) in [6.45, 7) is 16.0. The van der Waals surface area contributed by atoms with Crippen molar-refractivity contribution < 1.29 is 34.0 Å². The molecule has 11 atom stereocenters. The van der Waals surface area contributed by atoms with E-state index in [0.29, 0.717) is 31.0 Å². The molecule has 5 aliphatic rings. The zero-order valence-electron chi connectivity index (χ0n) is 26.1. The Bertz CT molecular complexity index is 1070. The summed E-state index contributed by atoms with van der Waals surface area (Å²) in [4.78, 5) is 25.6. The van der Waals surface area contributed by atoms with Crippen molar-refractivity contribution in [3.8, 4) is 0 Å². The van der Waals surface area contributed by atoms with Crippen LogP contribution in [0.25, 0.3) is 0 Å². The van der Waals surface area contributed by atoms with Crippen LogP contribution in [0.15, 0.2) is 11.6 Å². The molecule has 0 aromatic heterocycles. The molecule has 4 aliphatic carbocycles. The Morgan fingerprint density at radius 3 is 2.40 bits per heavy atom. The number of esters is 1. The van der Waals surface area contributed by atoms with Crippen LogP contribution in [-0.2, 0) is 23.8 Å². The van der Waals surface area contributed by atoms with Crippen molar-refractivity contribution in [1.82, 2.24) is 0 Å². The number of ether oxygens (including phenoxy) is 3. The molecule has 0 aromatic rings. The van der Waals surface area contributed by atoms with Crippen LogP contribution in [0.2, 0.25) is 0 Å². The molecule has 1 saturated heterocycles. The number of fused-ring (bicyclic) bond motifs is 5. The van der Waals surface area contributed by atoms with Crippen LogP contribution < -0.4 is 0 Å². The largest absolute Gasteiger partial charge is 0.462 e. The Morgan fingerprint density at radius 2 is 1.80 bits per heavy atom. The van der Waals surface area contributed by atoms with Crippen LogP contribution in [0.3, 0.4) is 0 Å². The Morgan fingerprint density at radius 1 is 1.12 bits per heavy atom. The number of allylic oxidation sites excluding steroid dienone is 1. The van der Waals surface area contributed by atoms with E-state index >= 15 is 0 Å². The molecule has 0 aromatic carbocycles. The van der Waals surface area contributed by atoms with E-state index in [4.69, 9.17) is 14.2 Å². The summed E-state index contributed by atoms with van der Waals surface area (Å²) >= 11 is 0. The van der Waals surface area contributed by atoms with Crippen molar-refractivity contribution in [2.24, 2.45) is 45.3 Å². The SMILES string of the molecule is CO[C@@H]1O[C@@H]([C@H](O)C(C)(C)O)C[C@H]1[C@@H]1CC=C2[C@@]3(C)[C@H](CC[C@]21C)[C@@]1(C)CCC(=O)C(C)(C)[C@@H]1C[C@H]3OC(C)=O. The molecule has 1 aliphatic heterocycles. The van der Waals surface area contributed by atoms with Crippen LogP contribution in [0, 0.1) is 45.3 Å². The third-order valence-corrected chi connectivity index (χ3v) is 12.8. The second-order valence-electron chi connectivity index (χ2n) is 15.6. The van der Waals surface area contributed by atoms with Gasteiger partial charge in [0.25, 0.3) is 0 Å². The molecule has 0 bridgehead atoms. The zero-order chi connectivity index (χ0) is 29.6. The third-order valence-electron chi connectivity index (χ3n) is 12.8. The van der Waals surface area contributed by atoms with E-state index in [9.17, 15) is 19.8 Å². The lowest BCUT2D eigenvalue weighted by Gasteiger charge is -2.67. The minimum absolute atomic E-state index is 0.0173. The average Bonchev–Trinajstić information content (AvgIpc) is 3.43. The van der Waals surface area contributed by atoms with E-state index in [1.54, 1.807) is 21.0 Å². The number of hydrogen-bond donors (Lipinski definition) is 2. The Hall–Kier alpha value is -1.28. The summed E-state index contributed by atoms with van der Waals surface area (Å²) in [6, 6.07) is 0. The molecular formula is C33H52O7. The molecule has 7 nitrogen and oxygen atoms in total. The number of Topliss-reactive ketones (excluding diaryl/α,β-unsaturated/α-hetero) is 1. The number of aliphatic hydroxyl groups is 2. The van der Waals surface area contributed by atoms with Crippen molar-refractivity contribution in [3.05, 3.63) is 11.6 Å². The summed E-state index contributed by atoms with van der Waals surface area (Å²) in [5.74, 6) is 0.847. The highest BCUT2D eigenvalue weighted by atomic mass is 16.7. The Labute approximate surface area is 240 Å². The first kappa shape index (κ1) is 30.2. The standard InChI is InChI=1S/C33H52O7/c1-18(34)39-26-17-24-29(2,3)25(35)13-15-32(24,7)23-12-14-31(6)20(10-11-22(31)33(23,26)8)19-16-21(40-28(19)38-9)27(36)30(4,5)37/h11,19-21,23-24,26-28,36-37H,10,12-17H2,1-9H3/t19-,20-,21+,23+,24-,26+,27-,28+,31-,32+,33-/m0/s1. The van der Waals surface area contributed by atoms with E-state index < -0.39 is 29.5 Å². The van der Waals surface area contributed by atoms with Crippen LogP contribution >= 0.6 is 0 Å². The summed E-state index contributed by atoms with van der Waals surface area (Å²) in [5, 5.41) is 21.3. The van der Waals surface area contributed by atoms with Gasteiger partial charge < -0.3 is 24.4 Å². The topological polar surface area (TPSA) is 102 Å². The maximum Gasteiger partial charge on any atom is 0.302 e. The van der Waals surface area contributed by atoms with Crippen molar-refractivity contribution in [2.75, 3.05) is 7.11 Å². The number of ketones is 1. The van der Waals surface area contributed by atoms with Gasteiger partial charge >= 0.3 is 5.97 Å². The number of carbonyl (C=O) groups excluding carboxylic acids is 2. The van der Waals surface area contributed by atoms with Crippen molar-refractivity contribution in [3.63, 3.8) is 0 Å². The van der Waals surface area contributed by atoms with E-state index in [0.717, 1.165) is 25.7 Å². The summed E-state index contributed by atoms with van der Waals surface area (Å²) in [5.41, 5.74) is -0.801. The van der Waals surface area contributed by atoms with Crippen LogP contribution in [0.4, 0.5) is 0 Å². The number of rotatable bonds is 5. The monoisotopic (exact) mass is 560 g/mol. The maximum atomic E-state index is 13.1. The van der Waals surface area contributed by atoms with Gasteiger partial charge in [-0.15, -0.1) is 0 Å². The van der Waals surface area contributed by atoms with Crippen molar-refractivity contribution in [1.29, 1.82) is 0 Å². The molecule has 0 amide bonds. The molecule has 0 spiro atoms. The summed E-state index contributed by atoms with van der Waals surface area (Å²) in [6.07, 6.45) is 5.90. The number of hydrogen-bond acceptors (Lipinski definition) is 7. The average molecular weight is 561 g/mol. The molecule has 226 valence electrons. The van der Waals surface area contributed by atoms with Gasteiger partial charge in [-0.05, 0) is 81.0 Å². The second kappa shape index (κ2) is 9.62. The first-order valence-electron chi connectivity index (χ1n) is 15.4. The Balaban J connectivity index is 1.51. The lowest BCUT2D eigenvalue weighted by Crippen LogP contribution is -2.65. The van der Waals surface area contributed by atoms with Crippen molar-refractivity contribution in [2.45, 2.75) is 131 Å². The fourth-order valence-electron chi connectivity index (χ4n) is 10.7. The first-order chi connectivity index (χ1) is 18.4. The van der Waals surface area contributed by atoms with E-state index in [1.807, 2.05) is 0 Å². The number of methoxy groups -OCH3 is 1. The zero-order valence-corrected chi connectivity index (χ0v) is 26.1. The molecule has 4 fully saturated rings. The molecule has 0 radical (unpaired) electrons. The smallest absolute Gasteiger partial charge is 0.302 e. The van der Waals surface area contributed by atoms with Gasteiger partial charge in [-0.1, -0.05) is 46.3 Å². The van der Waals surface area contributed by atoms with Gasteiger partial charge in [-0.25, -0.2) is 0 Å². The van der Waals surface area contributed by atoms with Gasteiger partial charge in [-0.3, -0.25) is 9.59 Å². The van der Waals surface area contributed by atoms with Crippen molar-refractivity contribution >= 4 is 11.8 Å². The summed E-state index contributed by atoms with van der Waals surface area (Å²) in [7, 11) is 1.66. The highest BCUT2D eigenvalue weighted by Crippen LogP contribution is 2.73. The minimum atomic E-state index is -1.27. The van der Waals surface area contributed by atoms with Gasteiger partial charge in [-0.2, -0.15) is 0 Å². The minimum Gasteiger partial charge on any atom is -0.462 e. The second-order valence-corrected chi connectivity index (χ2v) is 15.6. The van der Waals surface area contributed by atoms with E-state index in [1.165, 1.54) is 12.5 Å². The number of aliphatic hydroxyl groups excluding tert-OH is 1. The molecule has 1 heterocycles. The third kappa shape index (κ3) is 4.19. The van der Waals surface area contributed by atoms with E-state index in [2.05, 4.69) is 40.7 Å². The van der Waals surface area contributed by atoms with E-state index in [-0.39, 0.29) is 46.1 Å². The van der Waals surface area contributed by atoms with Gasteiger partial charge in [0.2, 0.25) is 0 Å². The lowest BCUT2D eigenvalue weighted by molar-refractivity contribution is -0.207. The molecule has 5 rings (SSSR count). The molecular weight excluding hydrogens is 508 g/mol. The van der Waals surface area contributed by atoms with Gasteiger partial charge in [0.15, 0.2) is 6.29 Å². The molecule has 7 heteroatoms. The van der Waals surface area contributed by atoms with Crippen LogP contribution in [0.5, 0.6) is 0 Å². The lowest BCUT2D eigenvalue weighted by atomic mass is 9.37. The molecule has 40 heavy (non-hydrogen) atoms. The van der Waals surface area contributed by atoms with Gasteiger partial charge in [0, 0.05) is 37.2 Å². The predicted molar refractivity (Wildman–Crippen MR) is 151 cm³/mol. The fraction of sp³-hybridized carbons (Fsp3) is 0.879. The van der Waals surface area contributed by atoms with Crippen LogP contribution in [0.1, 0.15) is 100 Å². The molecule has 2 N–H and O–H groups in total.